The quantitative estimate of drug-likeness (QED) is 0.800. The van der Waals surface area contributed by atoms with Gasteiger partial charge in [-0.25, -0.2) is 0 Å². The number of rotatable bonds is 4. The number of piperidine rings is 1. The van der Waals surface area contributed by atoms with Crippen LogP contribution in [0.15, 0.2) is 0 Å². The van der Waals surface area contributed by atoms with Gasteiger partial charge in [-0.05, 0) is 59.3 Å². The second kappa shape index (κ2) is 5.25. The third kappa shape index (κ3) is 2.83. The van der Waals surface area contributed by atoms with E-state index >= 15 is 0 Å². The molecule has 100 valence electrons. The van der Waals surface area contributed by atoms with E-state index in [4.69, 9.17) is 0 Å². The van der Waals surface area contributed by atoms with Crippen molar-refractivity contribution in [2.45, 2.75) is 44.2 Å². The van der Waals surface area contributed by atoms with E-state index in [0.717, 1.165) is 12.0 Å². The lowest BCUT2D eigenvalue weighted by Crippen LogP contribution is -2.59. The van der Waals surface area contributed by atoms with Crippen LogP contribution in [0.4, 0.5) is 0 Å². The zero-order chi connectivity index (χ0) is 12.5. The summed E-state index contributed by atoms with van der Waals surface area (Å²) < 4.78 is 0. The Hall–Kier alpha value is -0.120. The first-order valence-corrected chi connectivity index (χ1v) is 7.12. The van der Waals surface area contributed by atoms with E-state index in [1.165, 1.54) is 45.3 Å². The molecule has 0 radical (unpaired) electrons. The Bertz CT molecular complexity index is 248. The van der Waals surface area contributed by atoms with Crippen LogP contribution in [0.25, 0.3) is 0 Å². The molecule has 1 saturated carbocycles. The molecule has 0 amide bonds. The molecule has 1 aliphatic heterocycles. The predicted octanol–water partition coefficient (Wildman–Crippen LogP) is 1.40. The van der Waals surface area contributed by atoms with Crippen molar-refractivity contribution < 1.29 is 0 Å². The van der Waals surface area contributed by atoms with Gasteiger partial charge in [0.1, 0.15) is 0 Å². The molecule has 2 aliphatic rings. The Morgan fingerprint density at radius 2 is 1.88 bits per heavy atom. The molecule has 0 aromatic rings. The number of hydrogen-bond donors (Lipinski definition) is 1. The summed E-state index contributed by atoms with van der Waals surface area (Å²) >= 11 is 0. The van der Waals surface area contributed by atoms with Gasteiger partial charge in [0.15, 0.2) is 0 Å². The summed E-state index contributed by atoms with van der Waals surface area (Å²) in [6.07, 6.45) is 5.51. The molecular formula is C14H29N3. The summed E-state index contributed by atoms with van der Waals surface area (Å²) in [6, 6.07) is 0.733. The number of hydrogen-bond acceptors (Lipinski definition) is 3. The first kappa shape index (κ1) is 13.3. The van der Waals surface area contributed by atoms with Crippen molar-refractivity contribution in [1.29, 1.82) is 0 Å². The van der Waals surface area contributed by atoms with Crippen molar-refractivity contribution in [2.24, 2.45) is 5.92 Å². The third-order valence-corrected chi connectivity index (χ3v) is 4.95. The largest absolute Gasteiger partial charge is 0.315 e. The summed E-state index contributed by atoms with van der Waals surface area (Å²) in [5.41, 5.74) is 0.468. The minimum absolute atomic E-state index is 0.468. The minimum Gasteiger partial charge on any atom is -0.315 e. The van der Waals surface area contributed by atoms with Gasteiger partial charge in [-0.1, -0.05) is 6.92 Å². The Morgan fingerprint density at radius 1 is 1.18 bits per heavy atom. The number of likely N-dealkylation sites (N-methyl/N-ethyl adjacent to an activating group) is 2. The smallest absolute Gasteiger partial charge is 0.0330 e. The lowest BCUT2D eigenvalue weighted by Gasteiger charge is -2.51. The van der Waals surface area contributed by atoms with Crippen molar-refractivity contribution in [3.05, 3.63) is 0 Å². The molecule has 2 rings (SSSR count). The monoisotopic (exact) mass is 239 g/mol. The van der Waals surface area contributed by atoms with Crippen LogP contribution in [0.1, 0.15) is 32.6 Å². The zero-order valence-corrected chi connectivity index (χ0v) is 12.0. The van der Waals surface area contributed by atoms with E-state index in [1.54, 1.807) is 0 Å². The number of nitrogens with one attached hydrogen (secondary N) is 1. The van der Waals surface area contributed by atoms with Crippen LogP contribution >= 0.6 is 0 Å². The van der Waals surface area contributed by atoms with Gasteiger partial charge in [-0.2, -0.15) is 0 Å². The normalized spacial score (nSPS) is 32.8. The topological polar surface area (TPSA) is 18.5 Å². The standard InChI is InChI=1S/C14H29N3/c1-12-8-13(10-15-9-12)17(4)11-14(16(2)3)6-5-7-14/h12-13,15H,5-11H2,1-4H3. The minimum atomic E-state index is 0.468. The average Bonchev–Trinajstić information content (AvgIpc) is 2.22. The van der Waals surface area contributed by atoms with Crippen LogP contribution in [0.2, 0.25) is 0 Å². The fourth-order valence-corrected chi connectivity index (χ4v) is 3.39. The Morgan fingerprint density at radius 3 is 2.35 bits per heavy atom. The van der Waals surface area contributed by atoms with Gasteiger partial charge >= 0.3 is 0 Å². The maximum Gasteiger partial charge on any atom is 0.0330 e. The summed E-state index contributed by atoms with van der Waals surface area (Å²) in [7, 11) is 6.80. The average molecular weight is 239 g/mol. The highest BCUT2D eigenvalue weighted by molar-refractivity contribution is 4.99. The highest BCUT2D eigenvalue weighted by Crippen LogP contribution is 2.37. The molecule has 0 bridgehead atoms. The lowest BCUT2D eigenvalue weighted by atomic mass is 9.75. The summed E-state index contributed by atoms with van der Waals surface area (Å²) in [6.45, 7) is 5.96. The van der Waals surface area contributed by atoms with Crippen LogP contribution in [0.3, 0.4) is 0 Å². The van der Waals surface area contributed by atoms with E-state index < -0.39 is 0 Å². The number of nitrogens with zero attached hydrogens (tertiary/aromatic N) is 2. The molecule has 1 heterocycles. The van der Waals surface area contributed by atoms with Crippen LogP contribution in [-0.4, -0.2) is 62.2 Å². The molecule has 0 spiro atoms. The molecule has 1 saturated heterocycles. The van der Waals surface area contributed by atoms with Gasteiger partial charge in [0.05, 0.1) is 0 Å². The van der Waals surface area contributed by atoms with Crippen LogP contribution < -0.4 is 5.32 Å². The lowest BCUT2D eigenvalue weighted by molar-refractivity contribution is 0.0104. The van der Waals surface area contributed by atoms with E-state index in [-0.39, 0.29) is 0 Å². The molecule has 0 aromatic heterocycles. The summed E-state index contributed by atoms with van der Waals surface area (Å²) in [4.78, 5) is 5.05. The summed E-state index contributed by atoms with van der Waals surface area (Å²) in [5, 5.41) is 3.56. The molecule has 1 N–H and O–H groups in total. The van der Waals surface area contributed by atoms with Gasteiger partial charge < -0.3 is 15.1 Å². The van der Waals surface area contributed by atoms with Gasteiger partial charge in [0.25, 0.3) is 0 Å². The SMILES string of the molecule is CC1CNCC(N(C)CC2(N(C)C)CCC2)C1. The fourth-order valence-electron chi connectivity index (χ4n) is 3.39. The zero-order valence-electron chi connectivity index (χ0n) is 12.0. The predicted molar refractivity (Wildman–Crippen MR) is 73.3 cm³/mol. The molecule has 1 aliphatic carbocycles. The van der Waals surface area contributed by atoms with Gasteiger partial charge in [-0.15, -0.1) is 0 Å². The third-order valence-electron chi connectivity index (χ3n) is 4.95. The summed E-state index contributed by atoms with van der Waals surface area (Å²) in [5.74, 6) is 0.827. The van der Waals surface area contributed by atoms with E-state index in [0.29, 0.717) is 5.54 Å². The van der Waals surface area contributed by atoms with Crippen LogP contribution in [0.5, 0.6) is 0 Å². The molecular weight excluding hydrogens is 210 g/mol. The van der Waals surface area contributed by atoms with E-state index in [9.17, 15) is 0 Å². The van der Waals surface area contributed by atoms with Crippen molar-refractivity contribution in [3.63, 3.8) is 0 Å². The highest BCUT2D eigenvalue weighted by Gasteiger charge is 2.41. The van der Waals surface area contributed by atoms with Crippen molar-refractivity contribution >= 4 is 0 Å². The maximum atomic E-state index is 3.56. The molecule has 3 heteroatoms. The van der Waals surface area contributed by atoms with Crippen molar-refractivity contribution in [1.82, 2.24) is 15.1 Å². The molecule has 17 heavy (non-hydrogen) atoms. The molecule has 2 atom stereocenters. The highest BCUT2D eigenvalue weighted by atomic mass is 15.2. The molecule has 0 aromatic carbocycles. The van der Waals surface area contributed by atoms with Gasteiger partial charge in [0, 0.05) is 24.7 Å². The van der Waals surface area contributed by atoms with Crippen LogP contribution in [-0.2, 0) is 0 Å². The Labute approximate surface area is 107 Å². The first-order valence-electron chi connectivity index (χ1n) is 7.12. The van der Waals surface area contributed by atoms with Crippen LogP contribution in [0, 0.1) is 5.92 Å². The Balaban J connectivity index is 1.89. The fraction of sp³-hybridized carbons (Fsp3) is 1.00. The first-order chi connectivity index (χ1) is 8.03. The van der Waals surface area contributed by atoms with E-state index in [2.05, 4.69) is 43.2 Å². The molecule has 3 nitrogen and oxygen atoms in total. The second-order valence-electron chi connectivity index (χ2n) is 6.54. The van der Waals surface area contributed by atoms with Crippen molar-refractivity contribution in [2.75, 3.05) is 40.8 Å². The van der Waals surface area contributed by atoms with Crippen molar-refractivity contribution in [3.8, 4) is 0 Å². The van der Waals surface area contributed by atoms with Gasteiger partial charge in [-0.3, -0.25) is 0 Å². The molecule has 2 fully saturated rings. The second-order valence-corrected chi connectivity index (χ2v) is 6.54. The molecule has 2 unspecified atom stereocenters. The Kier molecular flexibility index (Phi) is 4.11. The maximum absolute atomic E-state index is 3.56. The van der Waals surface area contributed by atoms with Gasteiger partial charge in [0.2, 0.25) is 0 Å². The van der Waals surface area contributed by atoms with E-state index in [1.807, 2.05) is 0 Å².